The first kappa shape index (κ1) is 11.9. The van der Waals surface area contributed by atoms with Crippen molar-refractivity contribution < 1.29 is 9.53 Å². The lowest BCUT2D eigenvalue weighted by Crippen LogP contribution is -2.13. The van der Waals surface area contributed by atoms with Crippen molar-refractivity contribution in [2.75, 3.05) is 0 Å². The van der Waals surface area contributed by atoms with E-state index in [1.807, 2.05) is 24.4 Å². The average Bonchev–Trinajstić information content (AvgIpc) is 2.57. The van der Waals surface area contributed by atoms with Gasteiger partial charge in [-0.3, -0.25) is 4.79 Å². The number of hydrogen-bond acceptors (Lipinski definition) is 3. The van der Waals surface area contributed by atoms with E-state index in [0.29, 0.717) is 10.7 Å². The lowest BCUT2D eigenvalue weighted by atomic mass is 10.3. The Labute approximate surface area is 104 Å². The van der Waals surface area contributed by atoms with Crippen molar-refractivity contribution in [3.05, 3.63) is 35.2 Å². The number of carbonyl (C=O) groups is 1. The van der Waals surface area contributed by atoms with Gasteiger partial charge in [-0.05, 0) is 26.0 Å². The molecule has 0 atom stereocenters. The van der Waals surface area contributed by atoms with Crippen molar-refractivity contribution in [2.45, 2.75) is 26.4 Å². The minimum atomic E-state index is -0.269. The van der Waals surface area contributed by atoms with Gasteiger partial charge >= 0.3 is 5.97 Å². The largest absolute Gasteiger partial charge is 0.463 e. The molecule has 17 heavy (non-hydrogen) atoms. The zero-order valence-electron chi connectivity index (χ0n) is 9.68. The van der Waals surface area contributed by atoms with Crippen LogP contribution in [-0.4, -0.2) is 21.5 Å². The van der Waals surface area contributed by atoms with Crippen molar-refractivity contribution in [3.63, 3.8) is 0 Å². The summed E-state index contributed by atoms with van der Waals surface area (Å²) in [5.41, 5.74) is 1.41. The number of imidazole rings is 1. The first-order valence-electron chi connectivity index (χ1n) is 5.37. The van der Waals surface area contributed by atoms with E-state index in [9.17, 15) is 4.79 Å². The maximum absolute atomic E-state index is 11.5. The Morgan fingerprint density at radius 2 is 2.35 bits per heavy atom. The second-order valence-corrected chi connectivity index (χ2v) is 4.49. The van der Waals surface area contributed by atoms with Gasteiger partial charge in [0.1, 0.15) is 5.65 Å². The Morgan fingerprint density at radius 1 is 1.59 bits per heavy atom. The highest BCUT2D eigenvalue weighted by Crippen LogP contribution is 2.13. The minimum Gasteiger partial charge on any atom is -0.463 e. The molecular formula is C12H13ClN2O2. The van der Waals surface area contributed by atoms with Gasteiger partial charge in [0.05, 0.1) is 18.2 Å². The molecule has 5 heteroatoms. The van der Waals surface area contributed by atoms with Crippen LogP contribution in [0, 0.1) is 0 Å². The maximum Gasteiger partial charge on any atom is 0.312 e. The van der Waals surface area contributed by atoms with E-state index >= 15 is 0 Å². The predicted molar refractivity (Wildman–Crippen MR) is 65.1 cm³/mol. The maximum atomic E-state index is 11.5. The van der Waals surface area contributed by atoms with Gasteiger partial charge in [0, 0.05) is 17.4 Å². The molecular weight excluding hydrogens is 240 g/mol. The Kier molecular flexibility index (Phi) is 3.33. The summed E-state index contributed by atoms with van der Waals surface area (Å²) in [6, 6.07) is 3.52. The molecule has 0 saturated heterocycles. The molecule has 0 aliphatic rings. The van der Waals surface area contributed by atoms with E-state index in [2.05, 4.69) is 4.98 Å². The normalized spacial score (nSPS) is 11.1. The SMILES string of the molecule is CC(C)OC(=O)Cc1cn2ccc(Cl)cc2n1. The number of esters is 1. The molecule has 0 aromatic carbocycles. The summed E-state index contributed by atoms with van der Waals surface area (Å²) < 4.78 is 6.88. The number of aromatic nitrogens is 2. The number of carbonyl (C=O) groups excluding carboxylic acids is 1. The van der Waals surface area contributed by atoms with E-state index in [0.717, 1.165) is 5.65 Å². The third-order valence-electron chi connectivity index (χ3n) is 2.16. The molecule has 2 rings (SSSR count). The first-order chi connectivity index (χ1) is 8.04. The molecule has 0 saturated carbocycles. The monoisotopic (exact) mass is 252 g/mol. The van der Waals surface area contributed by atoms with E-state index in [-0.39, 0.29) is 18.5 Å². The molecule has 4 nitrogen and oxygen atoms in total. The molecule has 0 fully saturated rings. The van der Waals surface area contributed by atoms with Crippen LogP contribution in [0.2, 0.25) is 5.02 Å². The molecule has 0 aliphatic heterocycles. The predicted octanol–water partition coefficient (Wildman–Crippen LogP) is 2.48. The van der Waals surface area contributed by atoms with Crippen molar-refractivity contribution in [1.29, 1.82) is 0 Å². The summed E-state index contributed by atoms with van der Waals surface area (Å²) >= 11 is 5.86. The topological polar surface area (TPSA) is 43.6 Å². The van der Waals surface area contributed by atoms with Gasteiger partial charge in [-0.15, -0.1) is 0 Å². The van der Waals surface area contributed by atoms with Gasteiger partial charge in [-0.1, -0.05) is 11.6 Å². The lowest BCUT2D eigenvalue weighted by molar-refractivity contribution is -0.146. The Morgan fingerprint density at radius 3 is 3.06 bits per heavy atom. The molecule has 2 aromatic rings. The molecule has 0 aliphatic carbocycles. The van der Waals surface area contributed by atoms with Gasteiger partial charge < -0.3 is 9.14 Å². The van der Waals surface area contributed by atoms with Crippen molar-refractivity contribution in [2.24, 2.45) is 0 Å². The van der Waals surface area contributed by atoms with Crippen molar-refractivity contribution in [1.82, 2.24) is 9.38 Å². The number of nitrogens with zero attached hydrogens (tertiary/aromatic N) is 2. The van der Waals surface area contributed by atoms with Crippen LogP contribution < -0.4 is 0 Å². The third-order valence-corrected chi connectivity index (χ3v) is 2.40. The van der Waals surface area contributed by atoms with E-state index in [4.69, 9.17) is 16.3 Å². The Balaban J connectivity index is 2.17. The Hall–Kier alpha value is -1.55. The number of fused-ring (bicyclic) bond motifs is 1. The number of ether oxygens (including phenoxy) is 1. The quantitative estimate of drug-likeness (QED) is 0.789. The molecule has 0 unspecified atom stereocenters. The van der Waals surface area contributed by atoms with Crippen LogP contribution in [0.15, 0.2) is 24.5 Å². The standard InChI is InChI=1S/C12H13ClN2O2/c1-8(2)17-12(16)6-10-7-15-4-3-9(13)5-11(15)14-10/h3-5,7-8H,6H2,1-2H3. The van der Waals surface area contributed by atoms with Crippen LogP contribution >= 0.6 is 11.6 Å². The summed E-state index contributed by atoms with van der Waals surface area (Å²) in [5, 5.41) is 0.624. The lowest BCUT2D eigenvalue weighted by Gasteiger charge is -2.05. The smallest absolute Gasteiger partial charge is 0.312 e. The fraction of sp³-hybridized carbons (Fsp3) is 0.333. The van der Waals surface area contributed by atoms with Crippen LogP contribution in [0.25, 0.3) is 5.65 Å². The van der Waals surface area contributed by atoms with Crippen LogP contribution in [0.1, 0.15) is 19.5 Å². The third kappa shape index (κ3) is 2.97. The van der Waals surface area contributed by atoms with Crippen LogP contribution in [0.5, 0.6) is 0 Å². The first-order valence-corrected chi connectivity index (χ1v) is 5.75. The Bertz CT molecular complexity index is 548. The van der Waals surface area contributed by atoms with Gasteiger partial charge in [-0.2, -0.15) is 0 Å². The number of rotatable bonds is 3. The second-order valence-electron chi connectivity index (χ2n) is 4.06. The molecule has 2 heterocycles. The van der Waals surface area contributed by atoms with Gasteiger partial charge in [0.2, 0.25) is 0 Å². The second kappa shape index (κ2) is 4.75. The van der Waals surface area contributed by atoms with Gasteiger partial charge in [0.25, 0.3) is 0 Å². The average molecular weight is 253 g/mol. The molecule has 2 aromatic heterocycles. The highest BCUT2D eigenvalue weighted by Gasteiger charge is 2.10. The van der Waals surface area contributed by atoms with Crippen LogP contribution in [-0.2, 0) is 16.0 Å². The number of hydrogen-bond donors (Lipinski definition) is 0. The molecule has 90 valence electrons. The minimum absolute atomic E-state index is 0.103. The highest BCUT2D eigenvalue weighted by atomic mass is 35.5. The van der Waals surface area contributed by atoms with E-state index in [1.165, 1.54) is 0 Å². The van der Waals surface area contributed by atoms with Crippen molar-refractivity contribution >= 4 is 23.2 Å². The molecule has 0 radical (unpaired) electrons. The van der Waals surface area contributed by atoms with Gasteiger partial charge in [0.15, 0.2) is 0 Å². The molecule has 0 amide bonds. The number of halogens is 1. The summed E-state index contributed by atoms with van der Waals surface area (Å²) in [6.07, 6.45) is 3.68. The highest BCUT2D eigenvalue weighted by molar-refractivity contribution is 6.30. The van der Waals surface area contributed by atoms with Crippen molar-refractivity contribution in [3.8, 4) is 0 Å². The molecule has 0 spiro atoms. The summed E-state index contributed by atoms with van der Waals surface area (Å²) in [6.45, 7) is 3.64. The molecule has 0 bridgehead atoms. The fourth-order valence-electron chi connectivity index (χ4n) is 1.55. The van der Waals surface area contributed by atoms with Crippen LogP contribution in [0.4, 0.5) is 0 Å². The number of pyridine rings is 1. The summed E-state index contributed by atoms with van der Waals surface area (Å²) in [4.78, 5) is 15.8. The van der Waals surface area contributed by atoms with Crippen LogP contribution in [0.3, 0.4) is 0 Å². The zero-order valence-corrected chi connectivity index (χ0v) is 10.4. The fourth-order valence-corrected chi connectivity index (χ4v) is 1.70. The van der Waals surface area contributed by atoms with E-state index < -0.39 is 0 Å². The summed E-state index contributed by atoms with van der Waals surface area (Å²) in [7, 11) is 0. The summed E-state index contributed by atoms with van der Waals surface area (Å²) in [5.74, 6) is -0.269. The van der Waals surface area contributed by atoms with E-state index in [1.54, 1.807) is 18.3 Å². The molecule has 0 N–H and O–H groups in total. The van der Waals surface area contributed by atoms with Gasteiger partial charge in [-0.25, -0.2) is 4.98 Å². The zero-order chi connectivity index (χ0) is 12.4.